The third kappa shape index (κ3) is 4.99. The number of aryl methyl sites for hydroxylation is 1. The summed E-state index contributed by atoms with van der Waals surface area (Å²) in [5.41, 5.74) is 1.58. The molecule has 3 rings (SSSR count). The van der Waals surface area contributed by atoms with Crippen molar-refractivity contribution in [1.29, 1.82) is 0 Å². The molecule has 1 aliphatic heterocycles. The molecule has 1 heterocycles. The summed E-state index contributed by atoms with van der Waals surface area (Å²) in [4.78, 5) is 26.3. The molecule has 2 aromatic rings. The maximum absolute atomic E-state index is 13.6. The number of nitrogens with one attached hydrogen (secondary N) is 1. The largest absolute Gasteiger partial charge is 0.343 e. The Hall–Kier alpha value is -2.11. The summed E-state index contributed by atoms with van der Waals surface area (Å²) in [6.07, 6.45) is 3.30. The molecular formula is C20H19Cl2FN2O2. The van der Waals surface area contributed by atoms with Crippen LogP contribution in [0.2, 0.25) is 10.0 Å². The van der Waals surface area contributed by atoms with E-state index >= 15 is 0 Å². The van der Waals surface area contributed by atoms with E-state index in [4.69, 9.17) is 23.2 Å². The van der Waals surface area contributed by atoms with Crippen LogP contribution in [0.1, 0.15) is 35.2 Å². The highest BCUT2D eigenvalue weighted by molar-refractivity contribution is 6.37. The number of carbonyl (C=O) groups excluding carboxylic acids is 2. The minimum atomic E-state index is -0.704. The predicted octanol–water partition coefficient (Wildman–Crippen LogP) is 4.94. The van der Waals surface area contributed by atoms with Gasteiger partial charge in [0.2, 0.25) is 5.91 Å². The van der Waals surface area contributed by atoms with Crippen molar-refractivity contribution in [2.75, 3.05) is 18.4 Å². The first kappa shape index (κ1) is 19.6. The fourth-order valence-corrected chi connectivity index (χ4v) is 3.49. The third-order valence-electron chi connectivity index (χ3n) is 4.55. The van der Waals surface area contributed by atoms with E-state index in [0.29, 0.717) is 18.5 Å². The number of likely N-dealkylation sites (tertiary alicyclic amines) is 1. The highest BCUT2D eigenvalue weighted by Crippen LogP contribution is 2.25. The van der Waals surface area contributed by atoms with Gasteiger partial charge in [0.15, 0.2) is 0 Å². The summed E-state index contributed by atoms with van der Waals surface area (Å²) >= 11 is 11.6. The number of hydrogen-bond donors (Lipinski definition) is 1. The summed E-state index contributed by atoms with van der Waals surface area (Å²) in [5, 5.41) is 2.62. The van der Waals surface area contributed by atoms with Crippen LogP contribution in [0.25, 0.3) is 0 Å². The standard InChI is InChI=1S/C20H19Cl2FN2O2/c21-16-12-17(22)18(23)11-15(16)20(27)24-14-6-3-13(4-7-14)5-8-19(26)25-9-1-2-10-25/h3-4,6-7,11-12H,1-2,5,8-10H2,(H,24,27). The fraction of sp³-hybridized carbons (Fsp3) is 0.300. The minimum Gasteiger partial charge on any atom is -0.343 e. The molecule has 142 valence electrons. The van der Waals surface area contributed by atoms with E-state index in [1.165, 1.54) is 6.07 Å². The fourth-order valence-electron chi connectivity index (χ4n) is 3.03. The summed E-state index contributed by atoms with van der Waals surface area (Å²) in [6, 6.07) is 9.42. The minimum absolute atomic E-state index is 0.0128. The van der Waals surface area contributed by atoms with Crippen molar-refractivity contribution in [3.8, 4) is 0 Å². The Balaban J connectivity index is 1.58. The summed E-state index contributed by atoms with van der Waals surface area (Å²) in [5.74, 6) is -1.04. The number of benzene rings is 2. The number of amides is 2. The van der Waals surface area contributed by atoms with Gasteiger partial charge in [0.1, 0.15) is 5.82 Å². The molecule has 0 unspecified atom stereocenters. The van der Waals surface area contributed by atoms with Crippen LogP contribution in [-0.4, -0.2) is 29.8 Å². The lowest BCUT2D eigenvalue weighted by Crippen LogP contribution is -2.27. The van der Waals surface area contributed by atoms with Gasteiger partial charge in [-0.2, -0.15) is 0 Å². The van der Waals surface area contributed by atoms with Crippen LogP contribution < -0.4 is 5.32 Å². The molecule has 0 saturated carbocycles. The first-order valence-electron chi connectivity index (χ1n) is 8.76. The van der Waals surface area contributed by atoms with Crippen LogP contribution in [0.3, 0.4) is 0 Å². The first-order chi connectivity index (χ1) is 12.9. The second-order valence-electron chi connectivity index (χ2n) is 6.49. The van der Waals surface area contributed by atoms with E-state index in [1.807, 2.05) is 17.0 Å². The molecule has 0 aliphatic carbocycles. The average Bonchev–Trinajstić information content (AvgIpc) is 3.18. The Morgan fingerprint density at radius 2 is 1.70 bits per heavy atom. The Kier molecular flexibility index (Phi) is 6.34. The van der Waals surface area contributed by atoms with E-state index in [0.717, 1.165) is 37.6 Å². The smallest absolute Gasteiger partial charge is 0.257 e. The number of hydrogen-bond acceptors (Lipinski definition) is 2. The van der Waals surface area contributed by atoms with Gasteiger partial charge in [0.25, 0.3) is 5.91 Å². The normalized spacial score (nSPS) is 13.7. The molecule has 0 aromatic heterocycles. The Morgan fingerprint density at radius 3 is 2.37 bits per heavy atom. The lowest BCUT2D eigenvalue weighted by molar-refractivity contribution is -0.130. The van der Waals surface area contributed by atoms with Gasteiger partial charge < -0.3 is 10.2 Å². The lowest BCUT2D eigenvalue weighted by Gasteiger charge is -2.15. The van der Waals surface area contributed by atoms with Crippen LogP contribution in [0, 0.1) is 5.82 Å². The van der Waals surface area contributed by atoms with Crippen LogP contribution in [0.4, 0.5) is 10.1 Å². The summed E-state index contributed by atoms with van der Waals surface area (Å²) in [7, 11) is 0. The van der Waals surface area contributed by atoms with Crippen LogP contribution in [-0.2, 0) is 11.2 Å². The van der Waals surface area contributed by atoms with E-state index < -0.39 is 11.7 Å². The maximum atomic E-state index is 13.6. The van der Waals surface area contributed by atoms with Crippen molar-refractivity contribution in [2.24, 2.45) is 0 Å². The quantitative estimate of drug-likeness (QED) is 0.712. The van der Waals surface area contributed by atoms with Gasteiger partial charge in [-0.15, -0.1) is 0 Å². The highest BCUT2D eigenvalue weighted by Gasteiger charge is 2.17. The Morgan fingerprint density at radius 1 is 1.04 bits per heavy atom. The number of halogens is 3. The van der Waals surface area contributed by atoms with E-state index in [9.17, 15) is 14.0 Å². The van der Waals surface area contributed by atoms with Crippen molar-refractivity contribution < 1.29 is 14.0 Å². The van der Waals surface area contributed by atoms with Crippen molar-refractivity contribution in [1.82, 2.24) is 4.90 Å². The number of anilines is 1. The molecule has 0 bridgehead atoms. The van der Waals surface area contributed by atoms with E-state index in [1.54, 1.807) is 12.1 Å². The second-order valence-corrected chi connectivity index (χ2v) is 7.30. The molecule has 1 saturated heterocycles. The molecule has 0 atom stereocenters. The molecule has 7 heteroatoms. The molecule has 0 spiro atoms. The topological polar surface area (TPSA) is 49.4 Å². The highest BCUT2D eigenvalue weighted by atomic mass is 35.5. The molecule has 27 heavy (non-hydrogen) atoms. The van der Waals surface area contributed by atoms with Gasteiger partial charge in [0.05, 0.1) is 15.6 Å². The number of rotatable bonds is 5. The zero-order chi connectivity index (χ0) is 19.4. The summed E-state index contributed by atoms with van der Waals surface area (Å²) in [6.45, 7) is 1.72. The van der Waals surface area contributed by atoms with Gasteiger partial charge in [-0.05, 0) is 49.1 Å². The molecule has 2 amide bonds. The van der Waals surface area contributed by atoms with Gasteiger partial charge >= 0.3 is 0 Å². The maximum Gasteiger partial charge on any atom is 0.257 e. The van der Waals surface area contributed by atoms with Crippen LogP contribution >= 0.6 is 23.2 Å². The zero-order valence-corrected chi connectivity index (χ0v) is 16.1. The predicted molar refractivity (Wildman–Crippen MR) is 105 cm³/mol. The van der Waals surface area contributed by atoms with Crippen molar-refractivity contribution >= 4 is 40.7 Å². The zero-order valence-electron chi connectivity index (χ0n) is 14.6. The Labute approximate surface area is 167 Å². The first-order valence-corrected chi connectivity index (χ1v) is 9.52. The lowest BCUT2D eigenvalue weighted by atomic mass is 10.1. The summed E-state index contributed by atoms with van der Waals surface area (Å²) < 4.78 is 13.6. The molecular weight excluding hydrogens is 390 g/mol. The van der Waals surface area contributed by atoms with Crippen molar-refractivity contribution in [3.63, 3.8) is 0 Å². The van der Waals surface area contributed by atoms with Crippen molar-refractivity contribution in [3.05, 3.63) is 63.4 Å². The number of nitrogens with zero attached hydrogens (tertiary/aromatic N) is 1. The van der Waals surface area contributed by atoms with Crippen molar-refractivity contribution in [2.45, 2.75) is 25.7 Å². The van der Waals surface area contributed by atoms with Crippen LogP contribution in [0.5, 0.6) is 0 Å². The van der Waals surface area contributed by atoms with E-state index in [-0.39, 0.29) is 21.5 Å². The average molecular weight is 409 g/mol. The molecule has 1 N–H and O–H groups in total. The molecule has 4 nitrogen and oxygen atoms in total. The third-order valence-corrected chi connectivity index (χ3v) is 5.16. The van der Waals surface area contributed by atoms with Gasteiger partial charge in [0, 0.05) is 25.2 Å². The Bertz CT molecular complexity index is 850. The van der Waals surface area contributed by atoms with Gasteiger partial charge in [-0.25, -0.2) is 4.39 Å². The number of carbonyl (C=O) groups is 2. The monoisotopic (exact) mass is 408 g/mol. The molecule has 1 fully saturated rings. The molecule has 1 aliphatic rings. The van der Waals surface area contributed by atoms with Crippen LogP contribution in [0.15, 0.2) is 36.4 Å². The molecule has 2 aromatic carbocycles. The second kappa shape index (κ2) is 8.72. The van der Waals surface area contributed by atoms with Gasteiger partial charge in [-0.1, -0.05) is 35.3 Å². The van der Waals surface area contributed by atoms with Gasteiger partial charge in [-0.3, -0.25) is 9.59 Å². The van der Waals surface area contributed by atoms with E-state index in [2.05, 4.69) is 5.32 Å². The molecule has 0 radical (unpaired) electrons. The SMILES string of the molecule is O=C(Nc1ccc(CCC(=O)N2CCCC2)cc1)c1cc(F)c(Cl)cc1Cl.